The molecule has 1 fully saturated rings. The van der Waals surface area contributed by atoms with Crippen molar-refractivity contribution in [2.75, 3.05) is 13.1 Å². The fourth-order valence-corrected chi connectivity index (χ4v) is 2.87. The SMILES string of the molecule is Cl.NCCCC(=O)N1CCCCC1c1ccc(C(F)(F)F)cc1. The number of benzene rings is 1. The normalized spacial score (nSPS) is 18.4. The van der Waals surface area contributed by atoms with Crippen LogP contribution in [-0.4, -0.2) is 23.9 Å². The van der Waals surface area contributed by atoms with Gasteiger partial charge in [0.15, 0.2) is 0 Å². The Labute approximate surface area is 140 Å². The van der Waals surface area contributed by atoms with Crippen LogP contribution in [0, 0.1) is 0 Å². The molecule has 1 atom stereocenters. The van der Waals surface area contributed by atoms with E-state index in [1.165, 1.54) is 12.1 Å². The van der Waals surface area contributed by atoms with Crippen LogP contribution in [0.15, 0.2) is 24.3 Å². The molecular formula is C16H22ClF3N2O. The van der Waals surface area contributed by atoms with Gasteiger partial charge in [-0.2, -0.15) is 13.2 Å². The summed E-state index contributed by atoms with van der Waals surface area (Å²) in [5.74, 6) is 0.0371. The molecule has 2 N–H and O–H groups in total. The first kappa shape index (κ1) is 19.8. The first-order chi connectivity index (χ1) is 10.4. The van der Waals surface area contributed by atoms with Crippen LogP contribution < -0.4 is 5.73 Å². The van der Waals surface area contributed by atoms with Crippen LogP contribution in [0.1, 0.15) is 49.3 Å². The molecule has 0 spiro atoms. The van der Waals surface area contributed by atoms with Gasteiger partial charge in [-0.1, -0.05) is 12.1 Å². The molecule has 7 heteroatoms. The van der Waals surface area contributed by atoms with Crippen molar-refractivity contribution in [1.82, 2.24) is 4.90 Å². The monoisotopic (exact) mass is 350 g/mol. The van der Waals surface area contributed by atoms with Crippen molar-refractivity contribution in [3.05, 3.63) is 35.4 Å². The Morgan fingerprint density at radius 3 is 2.43 bits per heavy atom. The first-order valence-electron chi connectivity index (χ1n) is 7.60. The smallest absolute Gasteiger partial charge is 0.336 e. The van der Waals surface area contributed by atoms with E-state index in [1.807, 2.05) is 0 Å². The lowest BCUT2D eigenvalue weighted by atomic mass is 9.94. The number of carbonyl (C=O) groups is 1. The summed E-state index contributed by atoms with van der Waals surface area (Å²) in [6.07, 6.45) is -0.595. The number of nitrogens with zero attached hydrogens (tertiary/aromatic N) is 1. The lowest BCUT2D eigenvalue weighted by Crippen LogP contribution is -2.38. The maximum atomic E-state index is 12.6. The predicted molar refractivity (Wildman–Crippen MR) is 85.3 cm³/mol. The third-order valence-electron chi connectivity index (χ3n) is 4.04. The summed E-state index contributed by atoms with van der Waals surface area (Å²) < 4.78 is 37.9. The Bertz CT molecular complexity index is 505. The number of alkyl halides is 3. The summed E-state index contributed by atoms with van der Waals surface area (Å²) in [6.45, 7) is 1.12. The summed E-state index contributed by atoms with van der Waals surface area (Å²) in [5.41, 5.74) is 5.55. The molecule has 130 valence electrons. The molecule has 0 aliphatic carbocycles. The second-order valence-electron chi connectivity index (χ2n) is 5.61. The first-order valence-corrected chi connectivity index (χ1v) is 7.60. The zero-order valence-electron chi connectivity index (χ0n) is 12.8. The number of rotatable bonds is 4. The molecule has 1 saturated heterocycles. The molecule has 1 aliphatic heterocycles. The molecule has 1 aromatic carbocycles. The van der Waals surface area contributed by atoms with E-state index in [9.17, 15) is 18.0 Å². The highest BCUT2D eigenvalue weighted by molar-refractivity contribution is 5.85. The Morgan fingerprint density at radius 1 is 1.22 bits per heavy atom. The number of likely N-dealkylation sites (tertiary alicyclic amines) is 1. The quantitative estimate of drug-likeness (QED) is 0.894. The van der Waals surface area contributed by atoms with E-state index in [2.05, 4.69) is 0 Å². The van der Waals surface area contributed by atoms with Crippen molar-refractivity contribution in [3.63, 3.8) is 0 Å². The highest BCUT2D eigenvalue weighted by atomic mass is 35.5. The van der Waals surface area contributed by atoms with E-state index in [1.54, 1.807) is 4.90 Å². The average Bonchev–Trinajstić information content (AvgIpc) is 2.52. The Morgan fingerprint density at radius 2 is 1.87 bits per heavy atom. The summed E-state index contributed by atoms with van der Waals surface area (Å²) in [7, 11) is 0. The standard InChI is InChI=1S/C16H21F3N2O.ClH/c17-16(18,19)13-8-6-12(7-9-13)14-4-1-2-11-21(14)15(22)5-3-10-20;/h6-9,14H,1-5,10-11,20H2;1H. The molecule has 1 aromatic rings. The molecule has 0 aromatic heterocycles. The maximum absolute atomic E-state index is 12.6. The number of amides is 1. The van der Waals surface area contributed by atoms with Gasteiger partial charge < -0.3 is 10.6 Å². The third-order valence-corrected chi connectivity index (χ3v) is 4.04. The van der Waals surface area contributed by atoms with E-state index in [-0.39, 0.29) is 24.4 Å². The number of hydrogen-bond acceptors (Lipinski definition) is 2. The van der Waals surface area contributed by atoms with Crippen LogP contribution in [0.3, 0.4) is 0 Å². The maximum Gasteiger partial charge on any atom is 0.416 e. The fourth-order valence-electron chi connectivity index (χ4n) is 2.87. The van der Waals surface area contributed by atoms with Crippen molar-refractivity contribution in [3.8, 4) is 0 Å². The zero-order valence-corrected chi connectivity index (χ0v) is 13.6. The largest absolute Gasteiger partial charge is 0.416 e. The van der Waals surface area contributed by atoms with Gasteiger partial charge >= 0.3 is 6.18 Å². The van der Waals surface area contributed by atoms with Crippen LogP contribution >= 0.6 is 12.4 Å². The highest BCUT2D eigenvalue weighted by Crippen LogP contribution is 2.34. The lowest BCUT2D eigenvalue weighted by molar-refractivity contribution is -0.138. The van der Waals surface area contributed by atoms with Gasteiger partial charge in [-0.3, -0.25) is 4.79 Å². The van der Waals surface area contributed by atoms with Crippen LogP contribution in [0.2, 0.25) is 0 Å². The second-order valence-corrected chi connectivity index (χ2v) is 5.61. The lowest BCUT2D eigenvalue weighted by Gasteiger charge is -2.36. The number of nitrogens with two attached hydrogens (primary N) is 1. The summed E-state index contributed by atoms with van der Waals surface area (Å²) in [5, 5.41) is 0. The van der Waals surface area contributed by atoms with Crippen molar-refractivity contribution >= 4 is 18.3 Å². The average molecular weight is 351 g/mol. The van der Waals surface area contributed by atoms with Crippen LogP contribution in [0.5, 0.6) is 0 Å². The minimum atomic E-state index is -4.33. The van der Waals surface area contributed by atoms with Crippen LogP contribution in [0.4, 0.5) is 13.2 Å². The van der Waals surface area contributed by atoms with Crippen molar-refractivity contribution in [2.45, 2.75) is 44.3 Å². The second kappa shape index (κ2) is 8.55. The van der Waals surface area contributed by atoms with E-state index in [0.717, 1.165) is 37.0 Å². The Hall–Kier alpha value is -1.27. The van der Waals surface area contributed by atoms with Gasteiger partial charge in [-0.25, -0.2) is 0 Å². The van der Waals surface area contributed by atoms with Gasteiger partial charge in [0.25, 0.3) is 0 Å². The van der Waals surface area contributed by atoms with E-state index >= 15 is 0 Å². The zero-order chi connectivity index (χ0) is 16.2. The van der Waals surface area contributed by atoms with Gasteiger partial charge in [0.1, 0.15) is 0 Å². The number of halogens is 4. The van der Waals surface area contributed by atoms with Gasteiger partial charge in [0.2, 0.25) is 5.91 Å². The molecule has 1 aliphatic rings. The van der Waals surface area contributed by atoms with E-state index in [0.29, 0.717) is 25.9 Å². The minimum Gasteiger partial charge on any atom is -0.336 e. The number of hydrogen-bond donors (Lipinski definition) is 1. The molecule has 1 unspecified atom stereocenters. The molecule has 0 bridgehead atoms. The molecule has 2 rings (SSSR count). The molecule has 23 heavy (non-hydrogen) atoms. The van der Waals surface area contributed by atoms with E-state index in [4.69, 9.17) is 5.73 Å². The molecule has 3 nitrogen and oxygen atoms in total. The summed E-state index contributed by atoms with van der Waals surface area (Å²) in [6, 6.07) is 5.03. The Balaban J connectivity index is 0.00000264. The molecule has 0 radical (unpaired) electrons. The summed E-state index contributed by atoms with van der Waals surface area (Å²) in [4.78, 5) is 14.1. The minimum absolute atomic E-state index is 0. The van der Waals surface area contributed by atoms with Crippen LogP contribution in [0.25, 0.3) is 0 Å². The van der Waals surface area contributed by atoms with E-state index < -0.39 is 11.7 Å². The molecule has 1 heterocycles. The number of carbonyl (C=O) groups excluding carboxylic acids is 1. The number of piperidine rings is 1. The third kappa shape index (κ3) is 5.11. The van der Waals surface area contributed by atoms with Crippen molar-refractivity contribution in [1.29, 1.82) is 0 Å². The molecule has 1 amide bonds. The van der Waals surface area contributed by atoms with Gasteiger partial charge in [0.05, 0.1) is 11.6 Å². The van der Waals surface area contributed by atoms with Crippen molar-refractivity contribution in [2.24, 2.45) is 5.73 Å². The van der Waals surface area contributed by atoms with Gasteiger partial charge in [-0.05, 0) is 49.9 Å². The Kier molecular flexibility index (Phi) is 7.35. The molecule has 0 saturated carbocycles. The topological polar surface area (TPSA) is 46.3 Å². The van der Waals surface area contributed by atoms with Gasteiger partial charge in [0, 0.05) is 13.0 Å². The molecular weight excluding hydrogens is 329 g/mol. The fraction of sp³-hybridized carbons (Fsp3) is 0.562. The van der Waals surface area contributed by atoms with Gasteiger partial charge in [-0.15, -0.1) is 12.4 Å². The predicted octanol–water partition coefficient (Wildman–Crippen LogP) is 3.92. The summed E-state index contributed by atoms with van der Waals surface area (Å²) >= 11 is 0. The highest BCUT2D eigenvalue weighted by Gasteiger charge is 2.31. The van der Waals surface area contributed by atoms with Crippen molar-refractivity contribution < 1.29 is 18.0 Å². The van der Waals surface area contributed by atoms with Crippen LogP contribution in [-0.2, 0) is 11.0 Å².